The summed E-state index contributed by atoms with van der Waals surface area (Å²) >= 11 is 0. The van der Waals surface area contributed by atoms with Gasteiger partial charge in [0.25, 0.3) is 0 Å². The standard InChI is InChI=1S/C7H11NO4/c1-3-5(9)7(11)6(10)4(2-8)12-3/h3-7,9-11H,1H3/t3-,4?,5+,6+,7+/m0/s1. The molecule has 5 nitrogen and oxygen atoms in total. The fraction of sp³-hybridized carbons (Fsp3) is 0.857. The van der Waals surface area contributed by atoms with E-state index in [1.807, 2.05) is 0 Å². The van der Waals surface area contributed by atoms with Crippen LogP contribution in [-0.2, 0) is 4.74 Å². The van der Waals surface area contributed by atoms with Crippen molar-refractivity contribution >= 4 is 0 Å². The molecule has 68 valence electrons. The summed E-state index contributed by atoms with van der Waals surface area (Å²) in [5, 5.41) is 36.0. The first-order chi connectivity index (χ1) is 5.57. The minimum Gasteiger partial charge on any atom is -0.388 e. The third-order valence-electron chi connectivity index (χ3n) is 1.98. The maximum Gasteiger partial charge on any atom is 0.172 e. The molecule has 1 heterocycles. The highest BCUT2D eigenvalue weighted by molar-refractivity contribution is 5.00. The summed E-state index contributed by atoms with van der Waals surface area (Å²) < 4.78 is 4.91. The SMILES string of the molecule is C[C@@H]1OC(C#N)[C@@H](O)[C@H](O)[C@@H]1O. The lowest BCUT2D eigenvalue weighted by Gasteiger charge is -2.36. The van der Waals surface area contributed by atoms with Crippen LogP contribution in [0.1, 0.15) is 6.92 Å². The van der Waals surface area contributed by atoms with E-state index >= 15 is 0 Å². The Kier molecular flexibility index (Phi) is 2.65. The number of hydrogen-bond acceptors (Lipinski definition) is 5. The number of nitriles is 1. The Morgan fingerprint density at radius 1 is 1.17 bits per heavy atom. The van der Waals surface area contributed by atoms with Gasteiger partial charge in [-0.2, -0.15) is 5.26 Å². The van der Waals surface area contributed by atoms with Crippen molar-refractivity contribution in [1.29, 1.82) is 5.26 Å². The second kappa shape index (κ2) is 3.37. The lowest BCUT2D eigenvalue weighted by Crippen LogP contribution is -2.56. The average Bonchev–Trinajstić information content (AvgIpc) is 2.08. The van der Waals surface area contributed by atoms with Crippen LogP contribution in [0.2, 0.25) is 0 Å². The summed E-state index contributed by atoms with van der Waals surface area (Å²) in [5.74, 6) is 0. The molecular weight excluding hydrogens is 162 g/mol. The van der Waals surface area contributed by atoms with E-state index in [4.69, 9.17) is 15.1 Å². The topological polar surface area (TPSA) is 93.7 Å². The highest BCUT2D eigenvalue weighted by Crippen LogP contribution is 2.19. The van der Waals surface area contributed by atoms with Gasteiger partial charge in [0.05, 0.1) is 12.2 Å². The smallest absolute Gasteiger partial charge is 0.172 e. The summed E-state index contributed by atoms with van der Waals surface area (Å²) in [5.41, 5.74) is 0. The van der Waals surface area contributed by atoms with E-state index in [0.29, 0.717) is 0 Å². The number of aliphatic hydroxyl groups excluding tert-OH is 3. The molecule has 12 heavy (non-hydrogen) atoms. The van der Waals surface area contributed by atoms with Crippen LogP contribution in [0.15, 0.2) is 0 Å². The van der Waals surface area contributed by atoms with Crippen LogP contribution >= 0.6 is 0 Å². The molecular formula is C7H11NO4. The Balaban J connectivity index is 2.72. The lowest BCUT2D eigenvalue weighted by molar-refractivity contribution is -0.201. The summed E-state index contributed by atoms with van der Waals surface area (Å²) in [6.45, 7) is 1.53. The van der Waals surface area contributed by atoms with Crippen molar-refractivity contribution in [1.82, 2.24) is 0 Å². The summed E-state index contributed by atoms with van der Waals surface area (Å²) in [7, 11) is 0. The first-order valence-electron chi connectivity index (χ1n) is 3.67. The molecule has 0 aromatic rings. The summed E-state index contributed by atoms with van der Waals surface area (Å²) in [4.78, 5) is 0. The lowest BCUT2D eigenvalue weighted by atomic mass is 9.96. The van der Waals surface area contributed by atoms with Crippen molar-refractivity contribution < 1.29 is 20.1 Å². The van der Waals surface area contributed by atoms with Crippen molar-refractivity contribution in [2.75, 3.05) is 0 Å². The molecule has 0 aliphatic carbocycles. The number of ether oxygens (including phenoxy) is 1. The molecule has 1 rings (SSSR count). The van der Waals surface area contributed by atoms with Crippen LogP contribution in [0.4, 0.5) is 0 Å². The van der Waals surface area contributed by atoms with Crippen molar-refractivity contribution in [2.24, 2.45) is 0 Å². The van der Waals surface area contributed by atoms with E-state index in [1.165, 1.54) is 6.92 Å². The zero-order valence-electron chi connectivity index (χ0n) is 6.58. The molecule has 1 saturated heterocycles. The van der Waals surface area contributed by atoms with Crippen LogP contribution in [0.25, 0.3) is 0 Å². The van der Waals surface area contributed by atoms with E-state index < -0.39 is 30.5 Å². The molecule has 0 spiro atoms. The highest BCUT2D eigenvalue weighted by atomic mass is 16.5. The van der Waals surface area contributed by atoms with Crippen LogP contribution in [0, 0.1) is 11.3 Å². The van der Waals surface area contributed by atoms with Crippen LogP contribution in [0.3, 0.4) is 0 Å². The zero-order valence-corrected chi connectivity index (χ0v) is 6.58. The number of hydrogen-bond donors (Lipinski definition) is 3. The molecule has 3 N–H and O–H groups in total. The van der Waals surface area contributed by atoms with Gasteiger partial charge in [0.2, 0.25) is 0 Å². The Morgan fingerprint density at radius 2 is 1.75 bits per heavy atom. The average molecular weight is 173 g/mol. The minimum atomic E-state index is -1.33. The van der Waals surface area contributed by atoms with Gasteiger partial charge in [-0.15, -0.1) is 0 Å². The maximum atomic E-state index is 9.19. The normalized spacial score (nSPS) is 48.4. The first kappa shape index (κ1) is 9.42. The second-order valence-electron chi connectivity index (χ2n) is 2.86. The van der Waals surface area contributed by atoms with E-state index in [2.05, 4.69) is 0 Å². The molecule has 1 aliphatic rings. The predicted molar refractivity (Wildman–Crippen MR) is 38.0 cm³/mol. The Morgan fingerprint density at radius 3 is 2.25 bits per heavy atom. The molecule has 0 bridgehead atoms. The van der Waals surface area contributed by atoms with Gasteiger partial charge in [-0.25, -0.2) is 0 Å². The molecule has 5 heteroatoms. The minimum absolute atomic E-state index is 0.631. The third kappa shape index (κ3) is 1.42. The molecule has 0 amide bonds. The molecule has 0 saturated carbocycles. The van der Waals surface area contributed by atoms with E-state index in [-0.39, 0.29) is 0 Å². The van der Waals surface area contributed by atoms with Crippen molar-refractivity contribution in [2.45, 2.75) is 37.4 Å². The van der Waals surface area contributed by atoms with Gasteiger partial charge in [-0.3, -0.25) is 0 Å². The molecule has 1 aliphatic heterocycles. The Labute approximate surface area is 69.8 Å². The number of rotatable bonds is 0. The van der Waals surface area contributed by atoms with E-state index in [1.54, 1.807) is 6.07 Å². The summed E-state index contributed by atoms with van der Waals surface area (Å²) in [6.07, 6.45) is -5.46. The van der Waals surface area contributed by atoms with E-state index in [0.717, 1.165) is 0 Å². The highest BCUT2D eigenvalue weighted by Gasteiger charge is 2.41. The monoisotopic (exact) mass is 173 g/mol. The van der Waals surface area contributed by atoms with Gasteiger partial charge in [-0.1, -0.05) is 0 Å². The van der Waals surface area contributed by atoms with Crippen LogP contribution < -0.4 is 0 Å². The van der Waals surface area contributed by atoms with E-state index in [9.17, 15) is 10.2 Å². The zero-order chi connectivity index (χ0) is 9.30. The first-order valence-corrected chi connectivity index (χ1v) is 3.67. The Bertz CT molecular complexity index is 202. The van der Waals surface area contributed by atoms with Crippen molar-refractivity contribution in [3.8, 4) is 6.07 Å². The van der Waals surface area contributed by atoms with Crippen molar-refractivity contribution in [3.63, 3.8) is 0 Å². The van der Waals surface area contributed by atoms with Gasteiger partial charge >= 0.3 is 0 Å². The quantitative estimate of drug-likeness (QED) is 0.409. The van der Waals surface area contributed by atoms with Gasteiger partial charge in [0.15, 0.2) is 6.10 Å². The van der Waals surface area contributed by atoms with Gasteiger partial charge in [0.1, 0.15) is 18.3 Å². The third-order valence-corrected chi connectivity index (χ3v) is 1.98. The largest absolute Gasteiger partial charge is 0.388 e. The fourth-order valence-electron chi connectivity index (χ4n) is 1.16. The molecule has 0 aromatic heterocycles. The fourth-order valence-corrected chi connectivity index (χ4v) is 1.16. The maximum absolute atomic E-state index is 9.19. The Hall–Kier alpha value is -0.670. The second-order valence-corrected chi connectivity index (χ2v) is 2.86. The predicted octanol–water partition coefficient (Wildman–Crippen LogP) is -1.62. The summed E-state index contributed by atoms with van der Waals surface area (Å²) in [6, 6.07) is 1.69. The molecule has 5 atom stereocenters. The molecule has 0 radical (unpaired) electrons. The van der Waals surface area contributed by atoms with Crippen LogP contribution in [0.5, 0.6) is 0 Å². The molecule has 0 aromatic carbocycles. The van der Waals surface area contributed by atoms with Gasteiger partial charge in [0, 0.05) is 0 Å². The number of aliphatic hydroxyl groups is 3. The van der Waals surface area contributed by atoms with Crippen LogP contribution in [-0.4, -0.2) is 45.8 Å². The molecule has 1 fully saturated rings. The van der Waals surface area contributed by atoms with Gasteiger partial charge < -0.3 is 20.1 Å². The van der Waals surface area contributed by atoms with Gasteiger partial charge in [-0.05, 0) is 6.92 Å². The molecule has 1 unspecified atom stereocenters. The van der Waals surface area contributed by atoms with Crippen molar-refractivity contribution in [3.05, 3.63) is 0 Å². The number of nitrogens with zero attached hydrogens (tertiary/aromatic N) is 1.